The Labute approximate surface area is 578 Å². The summed E-state index contributed by atoms with van der Waals surface area (Å²) in [6.45, 7) is 0.157. The number of aliphatic carboxylic acids is 1. The molecule has 12 rings (SSSR count). The molecule has 35 heteroatoms. The average Bonchev–Trinajstić information content (AvgIpc) is 1.73. The number of carbonyl (C=O) groups excluding carboxylic acids is 5. The maximum absolute atomic E-state index is 12.7. The molecule has 504 valence electrons. The number of alkyl halides is 1. The number of pyridine rings is 2. The number of amidine groups is 3. The number of nitrogens with one attached hydrogen (secondary N) is 2. The molecule has 7 aromatic rings. The minimum Gasteiger partial charge on any atom is -0.488 e. The van der Waals surface area contributed by atoms with E-state index in [-0.39, 0.29) is 60.8 Å². The van der Waals surface area contributed by atoms with Crippen LogP contribution in [0.2, 0.25) is 0 Å². The first-order chi connectivity index (χ1) is 47.4. The van der Waals surface area contributed by atoms with Gasteiger partial charge in [0.15, 0.2) is 41.6 Å². The number of nitrogens with two attached hydrogens (primary N) is 1. The van der Waals surface area contributed by atoms with E-state index in [4.69, 9.17) is 41.4 Å². The van der Waals surface area contributed by atoms with Crippen molar-refractivity contribution in [1.82, 2.24) is 30.5 Å². The lowest BCUT2D eigenvalue weighted by atomic mass is 10.1. The highest BCUT2D eigenvalue weighted by Crippen LogP contribution is 2.29. The molecule has 5 atom stereocenters. The number of H-pyrrole nitrogens is 1. The second-order valence-electron chi connectivity index (χ2n) is 20.3. The Morgan fingerprint density at radius 2 is 1.03 bits per heavy atom. The number of rotatable bonds is 12. The Hall–Kier alpha value is -12.8. The zero-order valence-electron chi connectivity index (χ0n) is 52.8. The molecule has 0 spiro atoms. The number of hydrogen-bond acceptors (Lipinski definition) is 28. The van der Waals surface area contributed by atoms with Crippen LogP contribution < -0.4 is 30.3 Å². The van der Waals surface area contributed by atoms with E-state index in [0.717, 1.165) is 33.1 Å². The van der Waals surface area contributed by atoms with Crippen LogP contribution in [0.3, 0.4) is 0 Å². The molecule has 5 aliphatic heterocycles. The Morgan fingerprint density at radius 1 is 0.606 bits per heavy atom. The zero-order valence-corrected chi connectivity index (χ0v) is 55.2. The maximum Gasteiger partial charge on any atom is 0.377 e. The van der Waals surface area contributed by atoms with Crippen LogP contribution in [-0.4, -0.2) is 156 Å². The summed E-state index contributed by atoms with van der Waals surface area (Å²) in [6, 6.07) is 42.5. The fourth-order valence-corrected chi connectivity index (χ4v) is 9.00. The number of amides is 3. The second kappa shape index (κ2) is 38.0. The Kier molecular flexibility index (Phi) is 28.9. The molecule has 3 unspecified atom stereocenters. The molecule has 0 bridgehead atoms. The summed E-state index contributed by atoms with van der Waals surface area (Å²) in [5, 5.41) is 75.5. The largest absolute Gasteiger partial charge is 0.488 e. The van der Waals surface area contributed by atoms with E-state index in [1.54, 1.807) is 111 Å². The van der Waals surface area contributed by atoms with Crippen LogP contribution >= 0.6 is 28.3 Å². The van der Waals surface area contributed by atoms with Crippen molar-refractivity contribution in [3.63, 3.8) is 0 Å². The van der Waals surface area contributed by atoms with Crippen LogP contribution in [-0.2, 0) is 58.0 Å². The predicted molar refractivity (Wildman–Crippen MR) is 357 cm³/mol. The number of carboxylic acids is 1. The third-order valence-electron chi connectivity index (χ3n) is 13.4. The molecule has 0 aliphatic carbocycles. The van der Waals surface area contributed by atoms with Crippen molar-refractivity contribution >= 4 is 93.1 Å². The van der Waals surface area contributed by atoms with Gasteiger partial charge in [0, 0.05) is 51.1 Å². The lowest BCUT2D eigenvalue weighted by Crippen LogP contribution is -2.50. The van der Waals surface area contributed by atoms with Gasteiger partial charge in [-0.1, -0.05) is 64.5 Å². The smallest absolute Gasteiger partial charge is 0.377 e. The molecule has 33 nitrogen and oxygen atoms in total. The summed E-state index contributed by atoms with van der Waals surface area (Å²) < 4.78 is 19.8. The zero-order chi connectivity index (χ0) is 70.5. The molecule has 3 aromatic heterocycles. The lowest BCUT2D eigenvalue weighted by Gasteiger charge is -2.19. The van der Waals surface area contributed by atoms with Crippen LogP contribution in [0.4, 0.5) is 11.6 Å². The fourth-order valence-electron chi connectivity index (χ4n) is 8.66. The number of esters is 2. The van der Waals surface area contributed by atoms with Crippen LogP contribution in [0, 0.1) is 45.3 Å². The molecule has 5 N–H and O–H groups in total. The van der Waals surface area contributed by atoms with Gasteiger partial charge in [0.25, 0.3) is 23.5 Å². The van der Waals surface area contributed by atoms with E-state index < -0.39 is 54.4 Å². The van der Waals surface area contributed by atoms with Crippen molar-refractivity contribution in [3.05, 3.63) is 190 Å². The van der Waals surface area contributed by atoms with Crippen LogP contribution in [0.25, 0.3) is 0 Å². The highest BCUT2D eigenvalue weighted by atomic mass is 79.9. The van der Waals surface area contributed by atoms with Gasteiger partial charge in [-0.25, -0.2) is 44.3 Å². The predicted octanol–water partition coefficient (Wildman–Crippen LogP) is 6.30. The van der Waals surface area contributed by atoms with E-state index in [1.165, 1.54) is 30.3 Å². The van der Waals surface area contributed by atoms with Gasteiger partial charge in [0.1, 0.15) is 31.6 Å². The number of halogens is 2. The number of ether oxygens (including phenoxy) is 4. The number of fused-ring (bicyclic) bond motifs is 2. The van der Waals surface area contributed by atoms with E-state index in [0.29, 0.717) is 59.1 Å². The number of carboxylic acid groups (broad SMARTS) is 1. The molecule has 8 heterocycles. The third kappa shape index (κ3) is 22.2. The van der Waals surface area contributed by atoms with Crippen LogP contribution in [0.5, 0.6) is 11.5 Å². The van der Waals surface area contributed by atoms with Gasteiger partial charge in [0.2, 0.25) is 17.6 Å². The van der Waals surface area contributed by atoms with Crippen molar-refractivity contribution in [1.29, 1.82) is 21.0 Å². The van der Waals surface area contributed by atoms with Crippen molar-refractivity contribution in [2.45, 2.75) is 55.2 Å². The van der Waals surface area contributed by atoms with Gasteiger partial charge < -0.3 is 35.1 Å². The summed E-state index contributed by atoms with van der Waals surface area (Å²) in [6.07, 6.45) is 4.28. The van der Waals surface area contributed by atoms with Crippen LogP contribution in [0.15, 0.2) is 186 Å². The Bertz CT molecular complexity index is 4430. The number of aromatic nitrogens is 5. The molecule has 3 amide bonds. The third-order valence-corrected chi connectivity index (χ3v) is 14.1. The number of nitrogens with zero attached hydrogens (tertiary/aromatic N) is 19. The fraction of sp³-hybridized carbons (Fsp3) is 0.234. The van der Waals surface area contributed by atoms with Crippen molar-refractivity contribution in [2.24, 2.45) is 51.4 Å². The standard InChI is InChI=1S/C20H17N7O3.C12H10N4O2.C11H8N4O2.C9H11N3O2.C8H6BrN.C4H5N3O2.ClH/c1-27-18-15(6-3-7-22-18)30-11-14(20(27)29)23-19(28)17-24-16(25-26-17)9-12-4-2-5-13(8-12)10-21;1-18-12(17)11-14-10(15-16-11)6-8-3-2-4-9(5-8)7-13;12-6-8-3-1-2-7(4-8)5-9-13-10(11(16)17)15-14-9;1-12-8-7(3-2-4-11-8)14-5-6(10)9(12)13;9-5-7-2-1-3-8(4-7)6-10;1-9-4(8)3-5-2-6-7-3;/h2-8,14,16H,9,11H2,1H3,(H,23,28);2-5,10H,6H2,1H3;1-4,9H,5H2,(H,16,17);2-4,6H,5,10H2,1H3;1-4H,5H2;2H,1H3,(H,5,6,7);1H/t14-,16?;;;6-;;;/m0..0.../s1. The number of likely N-dealkylation sites (N-methyl/N-ethyl adjacent to an activating group) is 2. The number of methoxy groups -OCH3 is 2. The molecular weight excluding hydrogens is 1370 g/mol. The van der Waals surface area contributed by atoms with Crippen molar-refractivity contribution in [2.75, 3.05) is 51.3 Å². The normalized spacial score (nSPS) is 16.9. The molecule has 0 fully saturated rings. The Balaban J connectivity index is 0.000000196. The maximum atomic E-state index is 12.7. The van der Waals surface area contributed by atoms with Crippen molar-refractivity contribution in [3.8, 4) is 35.8 Å². The first-order valence-electron chi connectivity index (χ1n) is 28.9. The number of nitriles is 4. The molecule has 99 heavy (non-hydrogen) atoms. The number of benzene rings is 4. The highest BCUT2D eigenvalue weighted by Gasteiger charge is 2.34. The summed E-state index contributed by atoms with van der Waals surface area (Å²) >= 11 is 3.31. The summed E-state index contributed by atoms with van der Waals surface area (Å²) in [5.41, 5.74) is 11.8. The van der Waals surface area contributed by atoms with Gasteiger partial charge >= 0.3 is 17.9 Å². The van der Waals surface area contributed by atoms with Gasteiger partial charge in [-0.3, -0.25) is 29.3 Å². The first-order valence-corrected chi connectivity index (χ1v) is 30.0. The first kappa shape index (κ1) is 75.3. The minimum absolute atomic E-state index is 0. The molecule has 0 saturated carbocycles. The molecule has 5 aliphatic rings. The number of azo groups is 3. The summed E-state index contributed by atoms with van der Waals surface area (Å²) in [7, 11) is 5.76. The van der Waals surface area contributed by atoms with E-state index >= 15 is 0 Å². The lowest BCUT2D eigenvalue weighted by molar-refractivity contribution is -0.133. The second-order valence-corrected chi connectivity index (χ2v) is 20.8. The summed E-state index contributed by atoms with van der Waals surface area (Å²) in [5.74, 6) is -1.73. The SMILES string of the molecule is CN1C(=O)[C@@H](N)COc2cccnc21.CN1C(=O)[C@@H](NC(=O)C2=NC(Cc3cccc(C#N)c3)N=N2)COc2cccnc21.COC(=O)C1=NC(Cc2cccc(C#N)c2)N=N1.COC(=O)c1ncn[nH]1.Cl.N#Cc1cccc(CBr)c1.N#Cc1cccc(CC2N=NC(C(=O)O)=N2)c1. The van der Waals surface area contributed by atoms with Crippen LogP contribution in [0.1, 0.15) is 55.1 Å². The number of hydrogen-bond donors (Lipinski definition) is 4. The monoisotopic (exact) mass is 1420 g/mol. The van der Waals surface area contributed by atoms with E-state index in [1.807, 2.05) is 42.5 Å². The number of aromatic amines is 1. The minimum atomic E-state index is -1.18. The van der Waals surface area contributed by atoms with Crippen molar-refractivity contribution < 1.29 is 52.8 Å². The number of aliphatic imine (C=N–C) groups is 3. The topological polar surface area (TPSA) is 478 Å². The summed E-state index contributed by atoms with van der Waals surface area (Å²) in [4.78, 5) is 95.7. The van der Waals surface area contributed by atoms with Gasteiger partial charge in [-0.2, -0.15) is 41.5 Å². The Morgan fingerprint density at radius 3 is 1.46 bits per heavy atom. The van der Waals surface area contributed by atoms with Gasteiger partial charge in [-0.05, 0) is 95.1 Å². The molecular formula is C64H58BrClN22O11. The van der Waals surface area contributed by atoms with E-state index in [9.17, 15) is 28.8 Å². The quantitative estimate of drug-likeness (QED) is 0.0770. The van der Waals surface area contributed by atoms with Gasteiger partial charge in [0.05, 0.1) is 60.8 Å². The average molecular weight is 1430 g/mol. The molecule has 4 aromatic carbocycles. The number of anilines is 2. The van der Waals surface area contributed by atoms with Gasteiger partial charge in [-0.15, -0.1) is 27.7 Å². The number of carbonyl (C=O) groups is 6. The highest BCUT2D eigenvalue weighted by molar-refractivity contribution is 9.08. The van der Waals surface area contributed by atoms with E-state index in [2.05, 4.69) is 120 Å². The molecule has 0 radical (unpaired) electrons. The molecule has 0 saturated heterocycles.